The van der Waals surface area contributed by atoms with Gasteiger partial charge in [0.15, 0.2) is 5.84 Å². The minimum atomic E-state index is -0.551. The lowest BCUT2D eigenvalue weighted by Crippen LogP contribution is -2.35. The molecule has 0 radical (unpaired) electrons. The second-order valence-electron chi connectivity index (χ2n) is 10.3. The first-order chi connectivity index (χ1) is 19.3. The molecule has 1 unspecified atom stereocenters. The van der Waals surface area contributed by atoms with Crippen LogP contribution in [0.5, 0.6) is 0 Å². The van der Waals surface area contributed by atoms with E-state index in [4.69, 9.17) is 4.84 Å². The largest absolute Gasteiger partial charge is 0.394 e. The van der Waals surface area contributed by atoms with Gasteiger partial charge in [-0.3, -0.25) is 4.79 Å². The molecule has 3 heterocycles. The summed E-state index contributed by atoms with van der Waals surface area (Å²) in [5.41, 5.74) is 1.68. The third-order valence-corrected chi connectivity index (χ3v) is 7.55. The average molecular weight is 551 g/mol. The molecule has 9 nitrogen and oxygen atoms in total. The Labute approximate surface area is 231 Å². The Morgan fingerprint density at radius 1 is 1.15 bits per heavy atom. The van der Waals surface area contributed by atoms with Crippen molar-refractivity contribution in [3.05, 3.63) is 53.9 Å². The van der Waals surface area contributed by atoms with E-state index in [1.807, 2.05) is 0 Å². The second kappa shape index (κ2) is 12.0. The number of anilines is 1. The SMILES string of the molecule is C=N/C(C)=N\OCC1CCN(c2ncnc3c(-c4ccc(CC(=O)N5CCC(O)C5)c(F)c4)cc(F)cc23)CC1. The molecule has 11 heteroatoms. The number of aliphatic imine (C=N–C) groups is 1. The monoisotopic (exact) mass is 550 g/mol. The summed E-state index contributed by atoms with van der Waals surface area (Å²) in [4.78, 5) is 34.2. The minimum absolute atomic E-state index is 0.104. The molecule has 1 amide bonds. The Morgan fingerprint density at radius 2 is 1.95 bits per heavy atom. The minimum Gasteiger partial charge on any atom is -0.394 e. The molecule has 1 atom stereocenters. The molecule has 0 bridgehead atoms. The van der Waals surface area contributed by atoms with Crippen LogP contribution >= 0.6 is 0 Å². The number of carbonyl (C=O) groups is 1. The molecule has 2 aromatic carbocycles. The van der Waals surface area contributed by atoms with Crippen LogP contribution in [-0.4, -0.2) is 77.3 Å². The van der Waals surface area contributed by atoms with Crippen LogP contribution in [0.2, 0.25) is 0 Å². The molecular weight excluding hydrogens is 518 g/mol. The predicted octanol–water partition coefficient (Wildman–Crippen LogP) is 3.98. The second-order valence-corrected chi connectivity index (χ2v) is 10.3. The topological polar surface area (TPSA) is 104 Å². The van der Waals surface area contributed by atoms with E-state index in [1.165, 1.54) is 24.5 Å². The van der Waals surface area contributed by atoms with E-state index >= 15 is 4.39 Å². The normalized spacial score (nSPS) is 18.4. The maximum atomic E-state index is 15.1. The van der Waals surface area contributed by atoms with Crippen molar-refractivity contribution in [2.45, 2.75) is 38.7 Å². The number of amidine groups is 1. The highest BCUT2D eigenvalue weighted by atomic mass is 19.1. The van der Waals surface area contributed by atoms with Crippen molar-refractivity contribution in [1.82, 2.24) is 14.9 Å². The van der Waals surface area contributed by atoms with Gasteiger partial charge in [-0.2, -0.15) is 0 Å². The number of fused-ring (bicyclic) bond motifs is 1. The van der Waals surface area contributed by atoms with Crippen LogP contribution in [-0.2, 0) is 16.1 Å². The summed E-state index contributed by atoms with van der Waals surface area (Å²) in [5, 5.41) is 14.1. The van der Waals surface area contributed by atoms with Crippen LogP contribution in [0.4, 0.5) is 14.6 Å². The highest BCUT2D eigenvalue weighted by Gasteiger charge is 2.26. The number of aliphatic hydroxyl groups excluding tert-OH is 1. The molecule has 1 N–H and O–H groups in total. The van der Waals surface area contributed by atoms with E-state index in [9.17, 15) is 14.3 Å². The van der Waals surface area contributed by atoms with Crippen LogP contribution in [0.3, 0.4) is 0 Å². The number of piperidine rings is 1. The van der Waals surface area contributed by atoms with E-state index < -0.39 is 17.7 Å². The number of benzene rings is 2. The fourth-order valence-corrected chi connectivity index (χ4v) is 5.27. The Balaban J connectivity index is 1.34. The quantitative estimate of drug-likeness (QED) is 0.271. The molecule has 210 valence electrons. The zero-order chi connectivity index (χ0) is 28.2. The Kier molecular flexibility index (Phi) is 8.29. The number of oxime groups is 1. The predicted molar refractivity (Wildman–Crippen MR) is 149 cm³/mol. The van der Waals surface area contributed by atoms with Crippen molar-refractivity contribution in [1.29, 1.82) is 0 Å². The number of aliphatic hydroxyl groups is 1. The number of hydrogen-bond donors (Lipinski definition) is 1. The molecule has 3 aromatic rings. The van der Waals surface area contributed by atoms with Crippen molar-refractivity contribution in [3.8, 4) is 11.1 Å². The van der Waals surface area contributed by atoms with Gasteiger partial charge in [-0.15, -0.1) is 0 Å². The van der Waals surface area contributed by atoms with E-state index in [2.05, 4.69) is 31.7 Å². The summed E-state index contributed by atoms with van der Waals surface area (Å²) < 4.78 is 30.0. The average Bonchev–Trinajstić information content (AvgIpc) is 3.40. The van der Waals surface area contributed by atoms with Gasteiger partial charge in [-0.25, -0.2) is 23.7 Å². The smallest absolute Gasteiger partial charge is 0.227 e. The van der Waals surface area contributed by atoms with Crippen molar-refractivity contribution >= 4 is 35.2 Å². The van der Waals surface area contributed by atoms with Gasteiger partial charge >= 0.3 is 0 Å². The molecule has 0 saturated carbocycles. The lowest BCUT2D eigenvalue weighted by molar-refractivity contribution is -0.129. The van der Waals surface area contributed by atoms with Gasteiger partial charge < -0.3 is 19.7 Å². The first kappa shape index (κ1) is 27.6. The first-order valence-electron chi connectivity index (χ1n) is 13.4. The summed E-state index contributed by atoms with van der Waals surface area (Å²) in [6.07, 6.45) is 3.04. The van der Waals surface area contributed by atoms with E-state index in [0.29, 0.717) is 72.3 Å². The van der Waals surface area contributed by atoms with Gasteiger partial charge in [0.1, 0.15) is 30.4 Å². The zero-order valence-corrected chi connectivity index (χ0v) is 22.4. The summed E-state index contributed by atoms with van der Waals surface area (Å²) in [6.45, 7) is 7.76. The lowest BCUT2D eigenvalue weighted by atomic mass is 9.96. The molecule has 2 aliphatic rings. The number of carbonyl (C=O) groups excluding carboxylic acids is 1. The molecule has 0 aliphatic carbocycles. The Morgan fingerprint density at radius 3 is 2.65 bits per heavy atom. The first-order valence-corrected chi connectivity index (χ1v) is 13.4. The molecule has 2 saturated heterocycles. The molecule has 2 aliphatic heterocycles. The third-order valence-electron chi connectivity index (χ3n) is 7.55. The number of hydrogen-bond acceptors (Lipinski definition) is 7. The number of amides is 1. The van der Waals surface area contributed by atoms with Crippen LogP contribution in [0.25, 0.3) is 22.0 Å². The number of rotatable bonds is 7. The van der Waals surface area contributed by atoms with E-state index in [-0.39, 0.29) is 24.4 Å². The van der Waals surface area contributed by atoms with Crippen molar-refractivity contribution in [3.63, 3.8) is 0 Å². The fraction of sp³-hybridized carbons (Fsp3) is 0.414. The highest BCUT2D eigenvalue weighted by Crippen LogP contribution is 2.35. The van der Waals surface area contributed by atoms with Gasteiger partial charge in [0.25, 0.3) is 0 Å². The van der Waals surface area contributed by atoms with Crippen LogP contribution in [0, 0.1) is 17.6 Å². The fourth-order valence-electron chi connectivity index (χ4n) is 5.27. The number of halogens is 2. The molecular formula is C29H32F2N6O3. The number of aromatic nitrogens is 2. The third kappa shape index (κ3) is 6.09. The van der Waals surface area contributed by atoms with Crippen LogP contribution in [0.1, 0.15) is 31.7 Å². The van der Waals surface area contributed by atoms with Gasteiger partial charge in [0.05, 0.1) is 18.0 Å². The summed E-state index contributed by atoms with van der Waals surface area (Å²) in [6, 6.07) is 7.30. The van der Waals surface area contributed by atoms with Crippen LogP contribution < -0.4 is 4.90 Å². The van der Waals surface area contributed by atoms with E-state index in [1.54, 1.807) is 24.0 Å². The number of β-amino-alcohol motifs (C(OH)–C–C–N with tert-alkyl or cyclic N) is 1. The maximum Gasteiger partial charge on any atom is 0.227 e. The van der Waals surface area contributed by atoms with Crippen molar-refractivity contribution in [2.75, 3.05) is 37.7 Å². The summed E-state index contributed by atoms with van der Waals surface area (Å²) >= 11 is 0. The molecule has 0 spiro atoms. The van der Waals surface area contributed by atoms with Gasteiger partial charge in [0, 0.05) is 37.1 Å². The standard InChI is InChI=1S/C29H32F2N6O3/c1-18(32-2)35-40-16-19-5-8-36(9-6-19)29-25-14-22(30)13-24(28(25)33-17-34-29)20-3-4-21(26(31)11-20)12-27(39)37-10-7-23(38)15-37/h3-4,11,13-14,17,19,23,38H,2,5-10,12,15-16H2,1H3/b35-18-. The molecule has 40 heavy (non-hydrogen) atoms. The van der Waals surface area contributed by atoms with Crippen molar-refractivity contribution in [2.24, 2.45) is 16.1 Å². The van der Waals surface area contributed by atoms with E-state index in [0.717, 1.165) is 12.8 Å². The van der Waals surface area contributed by atoms with Gasteiger partial charge in [0.2, 0.25) is 5.91 Å². The Bertz CT molecular complexity index is 1440. The number of likely N-dealkylation sites (tertiary alicyclic amines) is 1. The van der Waals surface area contributed by atoms with Gasteiger partial charge in [-0.1, -0.05) is 17.3 Å². The van der Waals surface area contributed by atoms with Crippen molar-refractivity contribution < 1.29 is 23.5 Å². The summed E-state index contributed by atoms with van der Waals surface area (Å²) in [7, 11) is 0. The number of nitrogens with zero attached hydrogens (tertiary/aromatic N) is 6. The van der Waals surface area contributed by atoms with Crippen LogP contribution in [0.15, 0.2) is 46.8 Å². The molecule has 1 aromatic heterocycles. The van der Waals surface area contributed by atoms with Gasteiger partial charge in [-0.05, 0) is 68.1 Å². The maximum absolute atomic E-state index is 15.1. The lowest BCUT2D eigenvalue weighted by Gasteiger charge is -2.32. The Hall–Kier alpha value is -3.99. The zero-order valence-electron chi connectivity index (χ0n) is 22.4. The molecule has 5 rings (SSSR count). The molecule has 2 fully saturated rings. The highest BCUT2D eigenvalue weighted by molar-refractivity contribution is 5.99. The summed E-state index contributed by atoms with van der Waals surface area (Å²) in [5.74, 6) is 0.174.